The van der Waals surface area contributed by atoms with Crippen molar-refractivity contribution in [3.8, 4) is 17.3 Å². The molecule has 0 radical (unpaired) electrons. The monoisotopic (exact) mass is 408 g/mol. The Kier molecular flexibility index (Phi) is 6.32. The van der Waals surface area contributed by atoms with Crippen molar-refractivity contribution in [2.75, 3.05) is 13.6 Å². The molecule has 0 fully saturated rings. The van der Waals surface area contributed by atoms with Gasteiger partial charge in [-0.25, -0.2) is 4.98 Å². The number of H-pyrrole nitrogens is 1. The fourth-order valence-electron chi connectivity index (χ4n) is 3.03. The summed E-state index contributed by atoms with van der Waals surface area (Å²) in [5.41, 5.74) is 4.41. The molecule has 29 heavy (non-hydrogen) atoms. The average molecular weight is 409 g/mol. The number of nitrogens with zero attached hydrogens (tertiary/aromatic N) is 3. The lowest BCUT2D eigenvalue weighted by Gasteiger charge is -2.18. The highest BCUT2D eigenvalue weighted by Gasteiger charge is 2.17. The van der Waals surface area contributed by atoms with Crippen LogP contribution in [0.1, 0.15) is 32.9 Å². The Hall–Kier alpha value is -3.14. The Bertz CT molecular complexity index is 1070. The van der Waals surface area contributed by atoms with Crippen LogP contribution in [0.3, 0.4) is 0 Å². The summed E-state index contributed by atoms with van der Waals surface area (Å²) in [5.74, 6) is 0.273. The van der Waals surface area contributed by atoms with Gasteiger partial charge < -0.3 is 15.0 Å². The molecule has 0 bridgehead atoms. The predicted octanol–water partition coefficient (Wildman–Crippen LogP) is 3.72. The van der Waals surface area contributed by atoms with E-state index in [2.05, 4.69) is 16.0 Å². The maximum Gasteiger partial charge on any atom is 0.253 e. The molecular formula is C22H21ClN4O2. The molecule has 0 spiro atoms. The molecule has 0 aliphatic rings. The number of aliphatic hydroxyl groups is 1. The fraction of sp³-hybridized carbons (Fsp3) is 0.227. The summed E-state index contributed by atoms with van der Waals surface area (Å²) in [6.45, 7) is 2.23. The second-order valence-corrected chi connectivity index (χ2v) is 7.20. The number of imidazole rings is 1. The van der Waals surface area contributed by atoms with Gasteiger partial charge in [-0.1, -0.05) is 29.8 Å². The van der Waals surface area contributed by atoms with E-state index in [1.54, 1.807) is 36.2 Å². The number of amides is 1. The first kappa shape index (κ1) is 20.6. The van der Waals surface area contributed by atoms with Crippen LogP contribution >= 0.6 is 11.6 Å². The quantitative estimate of drug-likeness (QED) is 0.650. The van der Waals surface area contributed by atoms with Crippen LogP contribution in [0.25, 0.3) is 11.3 Å². The summed E-state index contributed by atoms with van der Waals surface area (Å²) in [4.78, 5) is 21.7. The lowest BCUT2D eigenvalue weighted by atomic mass is 10.0. The highest BCUT2D eigenvalue weighted by Crippen LogP contribution is 2.29. The molecule has 7 heteroatoms. The number of rotatable bonds is 6. The van der Waals surface area contributed by atoms with E-state index in [4.69, 9.17) is 16.9 Å². The first-order valence-electron chi connectivity index (χ1n) is 9.13. The van der Waals surface area contributed by atoms with Crippen LogP contribution in [0, 0.1) is 18.3 Å². The number of hydrogen-bond donors (Lipinski definition) is 2. The third-order valence-electron chi connectivity index (χ3n) is 4.76. The number of carbonyl (C=O) groups excluding carboxylic acids is 1. The number of aromatic nitrogens is 2. The summed E-state index contributed by atoms with van der Waals surface area (Å²) in [5, 5.41) is 18.5. The summed E-state index contributed by atoms with van der Waals surface area (Å²) in [6, 6.07) is 14.9. The van der Waals surface area contributed by atoms with Crippen LogP contribution in [0.2, 0.25) is 5.15 Å². The van der Waals surface area contributed by atoms with Crippen molar-refractivity contribution < 1.29 is 9.90 Å². The Morgan fingerprint density at radius 3 is 2.62 bits per heavy atom. The van der Waals surface area contributed by atoms with Gasteiger partial charge in [-0.2, -0.15) is 5.26 Å². The van der Waals surface area contributed by atoms with Crippen LogP contribution in [0.5, 0.6) is 0 Å². The molecule has 1 amide bonds. The third kappa shape index (κ3) is 4.65. The zero-order valence-electron chi connectivity index (χ0n) is 16.2. The predicted molar refractivity (Wildman–Crippen MR) is 112 cm³/mol. The van der Waals surface area contributed by atoms with Gasteiger partial charge in [0.05, 0.1) is 11.6 Å². The largest absolute Gasteiger partial charge is 0.388 e. The van der Waals surface area contributed by atoms with Crippen LogP contribution in [0.15, 0.2) is 42.5 Å². The maximum atomic E-state index is 12.9. The smallest absolute Gasteiger partial charge is 0.253 e. The van der Waals surface area contributed by atoms with E-state index in [1.807, 2.05) is 25.1 Å². The summed E-state index contributed by atoms with van der Waals surface area (Å²) < 4.78 is 0. The van der Waals surface area contributed by atoms with Gasteiger partial charge in [-0.05, 0) is 48.7 Å². The minimum absolute atomic E-state index is 0.103. The van der Waals surface area contributed by atoms with Crippen molar-refractivity contribution in [3.63, 3.8) is 0 Å². The number of benzene rings is 2. The number of halogens is 1. The molecule has 3 aromatic rings. The molecule has 3 rings (SSSR count). The van der Waals surface area contributed by atoms with Gasteiger partial charge in [-0.15, -0.1) is 0 Å². The topological polar surface area (TPSA) is 93.0 Å². The molecule has 1 aromatic heterocycles. The van der Waals surface area contributed by atoms with Gasteiger partial charge >= 0.3 is 0 Å². The van der Waals surface area contributed by atoms with E-state index >= 15 is 0 Å². The van der Waals surface area contributed by atoms with Gasteiger partial charge in [0.2, 0.25) is 0 Å². The number of nitrogens with one attached hydrogen (secondary N) is 1. The highest BCUT2D eigenvalue weighted by molar-refractivity contribution is 6.32. The van der Waals surface area contributed by atoms with E-state index in [1.165, 1.54) is 0 Å². The lowest BCUT2D eigenvalue weighted by molar-refractivity contribution is 0.0796. The van der Waals surface area contributed by atoms with E-state index in [-0.39, 0.29) is 12.5 Å². The number of aryl methyl sites for hydroxylation is 1. The highest BCUT2D eigenvalue weighted by atomic mass is 35.5. The molecule has 1 heterocycles. The van der Waals surface area contributed by atoms with Crippen molar-refractivity contribution in [3.05, 3.63) is 75.7 Å². The van der Waals surface area contributed by atoms with Crippen LogP contribution < -0.4 is 0 Å². The summed E-state index contributed by atoms with van der Waals surface area (Å²) >= 11 is 6.22. The van der Waals surface area contributed by atoms with Crippen LogP contribution in [-0.2, 0) is 13.0 Å². The number of aliphatic hydroxyl groups excluding tert-OH is 1. The Morgan fingerprint density at radius 1 is 1.28 bits per heavy atom. The van der Waals surface area contributed by atoms with E-state index < -0.39 is 0 Å². The minimum Gasteiger partial charge on any atom is -0.388 e. The van der Waals surface area contributed by atoms with Crippen LogP contribution in [-0.4, -0.2) is 39.5 Å². The average Bonchev–Trinajstić information content (AvgIpc) is 3.12. The van der Waals surface area contributed by atoms with Gasteiger partial charge in [0.15, 0.2) is 0 Å². The van der Waals surface area contributed by atoms with Crippen molar-refractivity contribution in [1.29, 1.82) is 5.26 Å². The number of likely N-dealkylation sites (N-methyl/N-ethyl adjacent to an activating group) is 1. The molecule has 6 nitrogen and oxygen atoms in total. The third-order valence-corrected chi connectivity index (χ3v) is 5.04. The zero-order chi connectivity index (χ0) is 21.0. The zero-order valence-corrected chi connectivity index (χ0v) is 17.0. The van der Waals surface area contributed by atoms with Crippen LogP contribution in [0.4, 0.5) is 0 Å². The van der Waals surface area contributed by atoms with Crippen molar-refractivity contribution in [2.24, 2.45) is 0 Å². The molecule has 2 aromatic carbocycles. The maximum absolute atomic E-state index is 12.9. The first-order valence-corrected chi connectivity index (χ1v) is 9.51. The normalized spacial score (nSPS) is 10.6. The lowest BCUT2D eigenvalue weighted by Crippen LogP contribution is -2.28. The molecule has 0 atom stereocenters. The number of carbonyl (C=O) groups is 1. The van der Waals surface area contributed by atoms with Gasteiger partial charge in [0.25, 0.3) is 5.91 Å². The molecule has 148 valence electrons. The second-order valence-electron chi connectivity index (χ2n) is 6.82. The molecule has 0 unspecified atom stereocenters. The van der Waals surface area contributed by atoms with E-state index in [9.17, 15) is 9.90 Å². The fourth-order valence-corrected chi connectivity index (χ4v) is 3.28. The molecule has 0 aliphatic carbocycles. The Labute approximate surface area is 174 Å². The van der Waals surface area contributed by atoms with Gasteiger partial charge in [0, 0.05) is 24.7 Å². The van der Waals surface area contributed by atoms with E-state index in [0.29, 0.717) is 40.8 Å². The van der Waals surface area contributed by atoms with Gasteiger partial charge in [-0.3, -0.25) is 4.79 Å². The minimum atomic E-state index is -0.241. The SMILES string of the molecule is Cc1ccc(C(=O)N(C)CCc2ccc(C#N)cc2)cc1-c1nc(CO)[nH]c1Cl. The Balaban J connectivity index is 1.76. The summed E-state index contributed by atoms with van der Waals surface area (Å²) in [7, 11) is 1.76. The number of aromatic amines is 1. The molecule has 2 N–H and O–H groups in total. The number of nitriles is 1. The molecule has 0 saturated heterocycles. The number of hydrogen-bond acceptors (Lipinski definition) is 4. The van der Waals surface area contributed by atoms with Crippen molar-refractivity contribution in [1.82, 2.24) is 14.9 Å². The van der Waals surface area contributed by atoms with E-state index in [0.717, 1.165) is 16.7 Å². The standard InChI is InChI=1S/C22H21ClN4O2/c1-14-3-8-17(11-18(14)20-21(23)26-19(13-28)25-20)22(29)27(2)10-9-15-4-6-16(12-24)7-5-15/h3-8,11,28H,9-10,13H2,1-2H3,(H,25,26). The molecule has 0 saturated carbocycles. The van der Waals surface area contributed by atoms with Crippen molar-refractivity contribution in [2.45, 2.75) is 20.0 Å². The van der Waals surface area contributed by atoms with Crippen molar-refractivity contribution >= 4 is 17.5 Å². The second kappa shape index (κ2) is 8.91. The summed E-state index contributed by atoms with van der Waals surface area (Å²) in [6.07, 6.45) is 0.692. The molecule has 0 aliphatic heterocycles. The first-order chi connectivity index (χ1) is 13.9. The Morgan fingerprint density at radius 2 is 2.00 bits per heavy atom. The van der Waals surface area contributed by atoms with Gasteiger partial charge in [0.1, 0.15) is 23.3 Å². The molecular weight excluding hydrogens is 388 g/mol.